The Morgan fingerprint density at radius 2 is 1.19 bits per heavy atom. The Hall–Kier alpha value is -1.94. The molecule has 0 N–H and O–H groups in total. The second-order valence-corrected chi connectivity index (χ2v) is 8.48. The van der Waals surface area contributed by atoms with Crippen molar-refractivity contribution in [2.75, 3.05) is 0 Å². The van der Waals surface area contributed by atoms with Crippen molar-refractivity contribution in [1.82, 2.24) is 0 Å². The fourth-order valence-electron chi connectivity index (χ4n) is 3.46. The van der Waals surface area contributed by atoms with Crippen molar-refractivity contribution >= 4 is 23.8 Å². The quantitative estimate of drug-likeness (QED) is 0.430. The Balaban J connectivity index is 0.00000196. The van der Waals surface area contributed by atoms with Crippen molar-refractivity contribution in [2.24, 2.45) is 0 Å². The topological polar surface area (TPSA) is 0 Å². The predicted molar refractivity (Wildman–Crippen MR) is 111 cm³/mol. The van der Waals surface area contributed by atoms with E-state index < -0.39 is 7.92 Å². The number of hydrogen-bond donors (Lipinski definition) is 0. The Bertz CT molecular complexity index is 862. The van der Waals surface area contributed by atoms with Crippen LogP contribution < -0.4 is 15.9 Å². The fourth-order valence-corrected chi connectivity index (χ4v) is 5.96. The summed E-state index contributed by atoms with van der Waals surface area (Å²) >= 11 is 0. The summed E-state index contributed by atoms with van der Waals surface area (Å²) < 4.78 is 0. The predicted octanol–water partition coefficient (Wildman–Crippen LogP) is 4.96. The van der Waals surface area contributed by atoms with E-state index in [-0.39, 0.29) is 16.5 Å². The molecule has 0 heterocycles. The molecule has 0 fully saturated rings. The maximum absolute atomic E-state index is 2.31. The van der Waals surface area contributed by atoms with E-state index in [1.54, 1.807) is 0 Å². The number of allylic oxidation sites excluding steroid dienone is 4. The number of benzene rings is 3. The van der Waals surface area contributed by atoms with Crippen LogP contribution in [0.5, 0.6) is 0 Å². The van der Waals surface area contributed by atoms with Crippen molar-refractivity contribution in [3.63, 3.8) is 0 Å². The van der Waals surface area contributed by atoms with Gasteiger partial charge in [-0.05, 0) is 41.9 Å². The van der Waals surface area contributed by atoms with Crippen LogP contribution in [-0.4, -0.2) is 0 Å². The van der Waals surface area contributed by atoms with Gasteiger partial charge in [-0.1, -0.05) is 103 Å². The molecule has 132 valence electrons. The summed E-state index contributed by atoms with van der Waals surface area (Å²) in [6.45, 7) is 2.28. The Kier molecular flexibility index (Phi) is 6.26. The van der Waals surface area contributed by atoms with Gasteiger partial charge in [0.25, 0.3) is 0 Å². The molecule has 3 aromatic rings. The molecule has 1 aliphatic rings. The molecule has 26 heavy (non-hydrogen) atoms. The normalized spacial score (nSPS) is 13.2. The van der Waals surface area contributed by atoms with Crippen LogP contribution in [0.1, 0.15) is 17.0 Å². The minimum Gasteiger partial charge on any atom is -0.0732 e. The van der Waals surface area contributed by atoms with E-state index >= 15 is 0 Å². The molecular formula is C24H21NiP. The fraction of sp³-hybridized carbons (Fsp3) is 0.0833. The van der Waals surface area contributed by atoms with Gasteiger partial charge >= 0.3 is 0 Å². The maximum atomic E-state index is 2.31. The van der Waals surface area contributed by atoms with Crippen LogP contribution >= 0.6 is 7.92 Å². The molecule has 1 aliphatic carbocycles. The molecule has 0 spiro atoms. The van der Waals surface area contributed by atoms with Crippen LogP contribution in [0.25, 0.3) is 0 Å². The molecule has 0 unspecified atom stereocenters. The summed E-state index contributed by atoms with van der Waals surface area (Å²) in [5, 5.41) is 4.27. The second kappa shape index (κ2) is 8.63. The molecule has 0 aromatic heterocycles. The van der Waals surface area contributed by atoms with Gasteiger partial charge in [-0.3, -0.25) is 0 Å². The average molecular weight is 399 g/mol. The van der Waals surface area contributed by atoms with E-state index in [1.807, 2.05) is 0 Å². The monoisotopic (exact) mass is 398 g/mol. The van der Waals surface area contributed by atoms with Gasteiger partial charge in [-0.25, -0.2) is 0 Å². The summed E-state index contributed by atoms with van der Waals surface area (Å²) in [4.78, 5) is 0. The summed E-state index contributed by atoms with van der Waals surface area (Å²) in [5.41, 5.74) is 2.84. The standard InChI is InChI=1S/C24H21P.Ni/c1-19-23(20-11-8-9-12-20)17-10-18-24(19)25(21-13-4-2-5-14-21)22-15-6-3-7-16-22;/h2-18,20H,1H3;. The van der Waals surface area contributed by atoms with Crippen molar-refractivity contribution in [3.8, 4) is 0 Å². The average Bonchev–Trinajstić information content (AvgIpc) is 3.20. The van der Waals surface area contributed by atoms with Crippen LogP contribution in [0.3, 0.4) is 0 Å². The van der Waals surface area contributed by atoms with Gasteiger partial charge in [0.05, 0.1) is 0 Å². The van der Waals surface area contributed by atoms with E-state index in [1.165, 1.54) is 27.0 Å². The largest absolute Gasteiger partial charge is 0.0732 e. The van der Waals surface area contributed by atoms with Gasteiger partial charge < -0.3 is 0 Å². The van der Waals surface area contributed by atoms with Crippen molar-refractivity contribution in [2.45, 2.75) is 12.8 Å². The van der Waals surface area contributed by atoms with Gasteiger partial charge in [0.15, 0.2) is 0 Å². The number of rotatable bonds is 4. The molecule has 4 rings (SSSR count). The number of hydrogen-bond acceptors (Lipinski definition) is 0. The molecule has 0 nitrogen and oxygen atoms in total. The van der Waals surface area contributed by atoms with E-state index in [9.17, 15) is 0 Å². The van der Waals surface area contributed by atoms with Crippen LogP contribution in [0, 0.1) is 6.92 Å². The summed E-state index contributed by atoms with van der Waals surface area (Å²) in [6, 6.07) is 28.6. The third-order valence-electron chi connectivity index (χ3n) is 4.72. The zero-order valence-electron chi connectivity index (χ0n) is 14.7. The van der Waals surface area contributed by atoms with E-state index in [2.05, 4.69) is 110 Å². The van der Waals surface area contributed by atoms with Gasteiger partial charge in [0.1, 0.15) is 0 Å². The molecule has 0 saturated carbocycles. The molecular weight excluding hydrogens is 378 g/mol. The summed E-state index contributed by atoms with van der Waals surface area (Å²) in [6.07, 6.45) is 8.85. The van der Waals surface area contributed by atoms with Crippen LogP contribution in [0.2, 0.25) is 0 Å². The van der Waals surface area contributed by atoms with Crippen molar-refractivity contribution < 1.29 is 16.5 Å². The van der Waals surface area contributed by atoms with Crippen LogP contribution in [0.4, 0.5) is 0 Å². The molecule has 0 saturated heterocycles. The van der Waals surface area contributed by atoms with Gasteiger partial charge in [0.2, 0.25) is 0 Å². The second-order valence-electron chi connectivity index (χ2n) is 6.29. The molecule has 0 bridgehead atoms. The van der Waals surface area contributed by atoms with Crippen LogP contribution in [-0.2, 0) is 16.5 Å². The molecule has 0 amide bonds. The molecule has 0 aliphatic heterocycles. The third-order valence-corrected chi connectivity index (χ3v) is 7.32. The molecule has 2 heteroatoms. The maximum Gasteiger partial charge on any atom is 0.0207 e. The third kappa shape index (κ3) is 3.75. The Morgan fingerprint density at radius 1 is 0.654 bits per heavy atom. The van der Waals surface area contributed by atoms with Crippen molar-refractivity contribution in [1.29, 1.82) is 0 Å². The molecule has 0 atom stereocenters. The van der Waals surface area contributed by atoms with E-state index in [4.69, 9.17) is 0 Å². The summed E-state index contributed by atoms with van der Waals surface area (Å²) in [7, 11) is -0.546. The first-order valence-corrected chi connectivity index (χ1v) is 10.0. The van der Waals surface area contributed by atoms with Gasteiger partial charge in [-0.15, -0.1) is 0 Å². The molecule has 0 radical (unpaired) electrons. The Labute approximate surface area is 167 Å². The SMILES string of the molecule is Cc1c(C2C=CC=C2)cccc1P(c1ccccc1)c1ccccc1.[Ni]. The first-order valence-electron chi connectivity index (χ1n) is 8.69. The van der Waals surface area contributed by atoms with Gasteiger partial charge in [0, 0.05) is 22.4 Å². The zero-order chi connectivity index (χ0) is 17.1. The van der Waals surface area contributed by atoms with E-state index in [0.29, 0.717) is 5.92 Å². The van der Waals surface area contributed by atoms with Crippen LogP contribution in [0.15, 0.2) is 103 Å². The smallest absolute Gasteiger partial charge is 0.0207 e. The van der Waals surface area contributed by atoms with Crippen molar-refractivity contribution in [3.05, 3.63) is 114 Å². The van der Waals surface area contributed by atoms with E-state index in [0.717, 1.165) is 0 Å². The Morgan fingerprint density at radius 3 is 1.73 bits per heavy atom. The first-order chi connectivity index (χ1) is 12.3. The minimum atomic E-state index is -0.546. The zero-order valence-corrected chi connectivity index (χ0v) is 16.5. The minimum absolute atomic E-state index is 0. The molecule has 3 aromatic carbocycles. The summed E-state index contributed by atoms with van der Waals surface area (Å²) in [5.74, 6) is 0.406. The first kappa shape index (κ1) is 18.8. The van der Waals surface area contributed by atoms with Gasteiger partial charge in [-0.2, -0.15) is 0 Å².